The van der Waals surface area contributed by atoms with Gasteiger partial charge >= 0.3 is 0 Å². The van der Waals surface area contributed by atoms with Crippen molar-refractivity contribution in [1.82, 2.24) is 0 Å². The summed E-state index contributed by atoms with van der Waals surface area (Å²) in [5, 5.41) is 22.7. The lowest BCUT2D eigenvalue weighted by molar-refractivity contribution is -0.926. The Morgan fingerprint density at radius 1 is 1.22 bits per heavy atom. The standard InChI is InChI=1S/C14H18N2O2/c17-13-4-2-1-3-11(13)9-12-14(15-18)10-5-7-16(12)8-6-10/h1-4,10,12,17-18H,5-9H2/p+1. The molecule has 3 aliphatic rings. The third-order valence-electron chi connectivity index (χ3n) is 4.43. The summed E-state index contributed by atoms with van der Waals surface area (Å²) in [5.41, 5.74) is 1.88. The molecule has 18 heavy (non-hydrogen) atoms. The molecule has 1 aromatic rings. The van der Waals surface area contributed by atoms with Crippen LogP contribution in [0.4, 0.5) is 0 Å². The van der Waals surface area contributed by atoms with Gasteiger partial charge in [0.15, 0.2) is 0 Å². The summed E-state index contributed by atoms with van der Waals surface area (Å²) >= 11 is 0. The van der Waals surface area contributed by atoms with Gasteiger partial charge in [-0.05, 0) is 6.07 Å². The quantitative estimate of drug-likeness (QED) is 0.525. The smallest absolute Gasteiger partial charge is 0.134 e. The molecule has 4 rings (SSSR count). The lowest BCUT2D eigenvalue weighted by Gasteiger charge is -2.42. The number of fused-ring (bicyclic) bond motifs is 3. The van der Waals surface area contributed by atoms with Gasteiger partial charge in [-0.15, -0.1) is 0 Å². The second kappa shape index (κ2) is 4.61. The zero-order valence-corrected chi connectivity index (χ0v) is 10.3. The molecule has 3 saturated heterocycles. The average molecular weight is 247 g/mol. The molecule has 0 amide bonds. The Kier molecular flexibility index (Phi) is 2.96. The molecule has 96 valence electrons. The first-order chi connectivity index (χ1) is 8.79. The van der Waals surface area contributed by atoms with Gasteiger partial charge in [-0.2, -0.15) is 0 Å². The van der Waals surface area contributed by atoms with Crippen LogP contribution >= 0.6 is 0 Å². The van der Waals surface area contributed by atoms with E-state index in [-0.39, 0.29) is 6.04 Å². The number of quaternary nitrogens is 1. The number of rotatable bonds is 2. The SMILES string of the molecule is ON=C1C2CC[NH+](CC2)C1Cc1ccccc1O. The van der Waals surface area contributed by atoms with Gasteiger partial charge in [0.25, 0.3) is 0 Å². The number of benzene rings is 1. The van der Waals surface area contributed by atoms with E-state index in [2.05, 4.69) is 5.16 Å². The summed E-state index contributed by atoms with van der Waals surface area (Å²) in [6, 6.07) is 7.68. The number of phenols is 1. The van der Waals surface area contributed by atoms with Gasteiger partial charge in [0, 0.05) is 30.7 Å². The molecule has 1 aromatic carbocycles. The number of nitrogens with zero attached hydrogens (tertiary/aromatic N) is 1. The summed E-state index contributed by atoms with van der Waals surface area (Å²) in [6.45, 7) is 2.31. The van der Waals surface area contributed by atoms with Gasteiger partial charge in [-0.1, -0.05) is 23.4 Å². The molecule has 4 heteroatoms. The van der Waals surface area contributed by atoms with Crippen molar-refractivity contribution in [3.05, 3.63) is 29.8 Å². The average Bonchev–Trinajstić information content (AvgIpc) is 2.42. The van der Waals surface area contributed by atoms with Crippen LogP contribution in [0.3, 0.4) is 0 Å². The molecule has 3 N–H and O–H groups in total. The Bertz CT molecular complexity index is 465. The van der Waals surface area contributed by atoms with Gasteiger partial charge in [-0.25, -0.2) is 0 Å². The number of oxime groups is 1. The van der Waals surface area contributed by atoms with Crippen molar-refractivity contribution in [2.45, 2.75) is 25.3 Å². The lowest BCUT2D eigenvalue weighted by atomic mass is 9.79. The van der Waals surface area contributed by atoms with Crippen LogP contribution < -0.4 is 4.90 Å². The van der Waals surface area contributed by atoms with E-state index in [1.165, 1.54) is 4.90 Å². The van der Waals surface area contributed by atoms with Crippen molar-refractivity contribution in [2.24, 2.45) is 11.1 Å². The summed E-state index contributed by atoms with van der Waals surface area (Å²) in [5.74, 6) is 0.792. The molecule has 0 spiro atoms. The first kappa shape index (κ1) is 11.5. The number of para-hydroxylation sites is 1. The van der Waals surface area contributed by atoms with Crippen molar-refractivity contribution >= 4 is 5.71 Å². The molecule has 0 aliphatic carbocycles. The zero-order valence-electron chi connectivity index (χ0n) is 10.3. The van der Waals surface area contributed by atoms with Crippen molar-refractivity contribution < 1.29 is 15.2 Å². The maximum Gasteiger partial charge on any atom is 0.134 e. The topological polar surface area (TPSA) is 57.3 Å². The fourth-order valence-electron chi connectivity index (χ4n) is 3.43. The summed E-state index contributed by atoms with van der Waals surface area (Å²) in [6.07, 6.45) is 3.02. The summed E-state index contributed by atoms with van der Waals surface area (Å²) < 4.78 is 0. The molecule has 2 bridgehead atoms. The molecule has 3 heterocycles. The summed E-state index contributed by atoms with van der Waals surface area (Å²) in [7, 11) is 0. The molecule has 4 nitrogen and oxygen atoms in total. The molecule has 1 unspecified atom stereocenters. The van der Waals surface area contributed by atoms with E-state index in [1.807, 2.05) is 18.2 Å². The van der Waals surface area contributed by atoms with Crippen LogP contribution in [0.15, 0.2) is 29.4 Å². The fraction of sp³-hybridized carbons (Fsp3) is 0.500. The van der Waals surface area contributed by atoms with E-state index in [9.17, 15) is 10.3 Å². The van der Waals surface area contributed by atoms with E-state index in [4.69, 9.17) is 0 Å². The van der Waals surface area contributed by atoms with Crippen LogP contribution in [0.25, 0.3) is 0 Å². The maximum absolute atomic E-state index is 9.86. The van der Waals surface area contributed by atoms with Gasteiger partial charge in [0.1, 0.15) is 17.5 Å². The van der Waals surface area contributed by atoms with E-state index in [0.29, 0.717) is 11.7 Å². The van der Waals surface area contributed by atoms with Crippen LogP contribution in [0.2, 0.25) is 0 Å². The summed E-state index contributed by atoms with van der Waals surface area (Å²) in [4.78, 5) is 1.49. The van der Waals surface area contributed by atoms with Gasteiger partial charge < -0.3 is 15.2 Å². The number of hydrogen-bond acceptors (Lipinski definition) is 3. The van der Waals surface area contributed by atoms with Crippen LogP contribution in [-0.2, 0) is 6.42 Å². The number of phenolic OH excluding ortho intramolecular Hbond substituents is 1. The Morgan fingerprint density at radius 2 is 1.94 bits per heavy atom. The van der Waals surface area contributed by atoms with E-state index >= 15 is 0 Å². The molecular formula is C14H19N2O2+. The molecular weight excluding hydrogens is 228 g/mol. The van der Waals surface area contributed by atoms with Crippen LogP contribution in [0, 0.1) is 5.92 Å². The predicted octanol–water partition coefficient (Wildman–Crippen LogP) is 0.442. The van der Waals surface area contributed by atoms with E-state index in [1.54, 1.807) is 6.07 Å². The zero-order chi connectivity index (χ0) is 12.5. The number of aromatic hydroxyl groups is 1. The maximum atomic E-state index is 9.86. The second-order valence-electron chi connectivity index (χ2n) is 5.34. The van der Waals surface area contributed by atoms with Crippen molar-refractivity contribution in [3.8, 4) is 5.75 Å². The van der Waals surface area contributed by atoms with Crippen LogP contribution in [0.1, 0.15) is 18.4 Å². The highest BCUT2D eigenvalue weighted by Gasteiger charge is 2.43. The molecule has 3 aliphatic heterocycles. The first-order valence-electron chi connectivity index (χ1n) is 6.63. The number of piperidine rings is 3. The lowest BCUT2D eigenvalue weighted by Crippen LogP contribution is -3.20. The monoisotopic (exact) mass is 247 g/mol. The van der Waals surface area contributed by atoms with Gasteiger partial charge in [0.2, 0.25) is 0 Å². The van der Waals surface area contributed by atoms with Crippen LogP contribution in [0.5, 0.6) is 5.75 Å². The normalized spacial score (nSPS) is 32.9. The molecule has 3 fully saturated rings. The molecule has 0 aromatic heterocycles. The molecule has 0 radical (unpaired) electrons. The van der Waals surface area contributed by atoms with Crippen molar-refractivity contribution in [3.63, 3.8) is 0 Å². The minimum absolute atomic E-state index is 0.232. The van der Waals surface area contributed by atoms with Gasteiger partial charge in [-0.3, -0.25) is 0 Å². The molecule has 1 atom stereocenters. The van der Waals surface area contributed by atoms with Crippen molar-refractivity contribution in [1.29, 1.82) is 0 Å². The Hall–Kier alpha value is -1.55. The largest absolute Gasteiger partial charge is 0.508 e. The Balaban J connectivity index is 1.85. The number of nitrogens with one attached hydrogen (secondary N) is 1. The minimum Gasteiger partial charge on any atom is -0.508 e. The van der Waals surface area contributed by atoms with E-state index < -0.39 is 0 Å². The van der Waals surface area contributed by atoms with Crippen molar-refractivity contribution in [2.75, 3.05) is 13.1 Å². The number of hydrogen-bond donors (Lipinski definition) is 3. The Morgan fingerprint density at radius 3 is 2.61 bits per heavy atom. The highest BCUT2D eigenvalue weighted by Crippen LogP contribution is 2.24. The minimum atomic E-state index is 0.232. The third kappa shape index (κ3) is 1.86. The predicted molar refractivity (Wildman–Crippen MR) is 68.2 cm³/mol. The van der Waals surface area contributed by atoms with E-state index in [0.717, 1.165) is 43.6 Å². The van der Waals surface area contributed by atoms with Gasteiger partial charge in [0.05, 0.1) is 13.1 Å². The second-order valence-corrected chi connectivity index (χ2v) is 5.34. The highest BCUT2D eigenvalue weighted by atomic mass is 16.4. The third-order valence-corrected chi connectivity index (χ3v) is 4.43. The first-order valence-corrected chi connectivity index (χ1v) is 6.63. The highest BCUT2D eigenvalue weighted by molar-refractivity contribution is 5.91. The molecule has 0 saturated carbocycles. The van der Waals surface area contributed by atoms with Crippen LogP contribution in [-0.4, -0.2) is 35.2 Å². The Labute approximate surface area is 107 Å². The fourth-order valence-corrected chi connectivity index (χ4v) is 3.43.